The Hall–Kier alpha value is -3.31. The van der Waals surface area contributed by atoms with Gasteiger partial charge in [0.2, 0.25) is 0 Å². The molecule has 0 spiro atoms. The summed E-state index contributed by atoms with van der Waals surface area (Å²) in [5.74, 6) is 0.363. The van der Waals surface area contributed by atoms with Crippen molar-refractivity contribution in [3.8, 4) is 5.75 Å². The molecule has 0 saturated carbocycles. The molecule has 0 aliphatic heterocycles. The number of benzene rings is 2. The van der Waals surface area contributed by atoms with Crippen molar-refractivity contribution in [2.75, 3.05) is 5.43 Å². The van der Waals surface area contributed by atoms with E-state index in [9.17, 15) is 18.5 Å². The number of anilines is 1. The van der Waals surface area contributed by atoms with E-state index in [-0.39, 0.29) is 22.2 Å². The summed E-state index contributed by atoms with van der Waals surface area (Å²) in [6.07, 6.45) is 2.45. The van der Waals surface area contributed by atoms with E-state index in [0.29, 0.717) is 10.0 Å². The molecule has 1 heterocycles. The van der Waals surface area contributed by atoms with Crippen LogP contribution in [0.1, 0.15) is 11.1 Å². The van der Waals surface area contributed by atoms with E-state index in [2.05, 4.69) is 31.4 Å². The molecule has 30 heavy (non-hydrogen) atoms. The zero-order valence-electron chi connectivity index (χ0n) is 15.5. The summed E-state index contributed by atoms with van der Waals surface area (Å²) in [5.41, 5.74) is 3.79. The minimum Gasteiger partial charge on any atom is -0.378 e. The van der Waals surface area contributed by atoms with E-state index < -0.39 is 15.0 Å². The van der Waals surface area contributed by atoms with Crippen molar-refractivity contribution in [1.82, 2.24) is 4.98 Å². The molecule has 1 N–H and O–H groups in total. The number of halogens is 1. The van der Waals surface area contributed by atoms with E-state index >= 15 is 0 Å². The third-order valence-electron chi connectivity index (χ3n) is 3.82. The van der Waals surface area contributed by atoms with Crippen molar-refractivity contribution < 1.29 is 17.5 Å². The van der Waals surface area contributed by atoms with E-state index in [1.807, 2.05) is 6.92 Å². The minimum atomic E-state index is -4.03. The highest BCUT2D eigenvalue weighted by Gasteiger charge is 2.18. The third-order valence-corrected chi connectivity index (χ3v) is 5.56. The summed E-state index contributed by atoms with van der Waals surface area (Å²) in [4.78, 5) is 14.0. The maximum Gasteiger partial charge on any atom is 0.339 e. The van der Waals surface area contributed by atoms with Crippen molar-refractivity contribution in [3.63, 3.8) is 0 Å². The van der Waals surface area contributed by atoms with Crippen LogP contribution in [-0.2, 0) is 10.1 Å². The summed E-state index contributed by atoms with van der Waals surface area (Å²) in [5, 5.41) is 14.7. The van der Waals surface area contributed by atoms with Gasteiger partial charge >= 0.3 is 10.1 Å². The summed E-state index contributed by atoms with van der Waals surface area (Å²) in [6.45, 7) is 1.85. The Morgan fingerprint density at radius 2 is 1.90 bits per heavy atom. The van der Waals surface area contributed by atoms with Gasteiger partial charge in [0, 0.05) is 16.1 Å². The molecule has 0 radical (unpaired) electrons. The number of rotatable bonds is 7. The number of nitrogens with zero attached hydrogens (tertiary/aromatic N) is 3. The quantitative estimate of drug-likeness (QED) is 0.227. The Balaban J connectivity index is 1.80. The molecule has 0 saturated heterocycles. The third kappa shape index (κ3) is 5.39. The van der Waals surface area contributed by atoms with E-state index in [1.165, 1.54) is 36.5 Å². The Bertz CT molecular complexity index is 1200. The second kappa shape index (κ2) is 9.01. The molecular formula is C19H15BrN4O5S. The average Bonchev–Trinajstić information content (AvgIpc) is 2.70. The molecule has 2 aromatic carbocycles. The fraction of sp³-hybridized carbons (Fsp3) is 0.0526. The van der Waals surface area contributed by atoms with Gasteiger partial charge in [-0.25, -0.2) is 4.98 Å². The van der Waals surface area contributed by atoms with Gasteiger partial charge in [-0.15, -0.1) is 0 Å². The Morgan fingerprint density at radius 1 is 1.17 bits per heavy atom. The molecule has 0 bridgehead atoms. The van der Waals surface area contributed by atoms with Gasteiger partial charge in [-0.05, 0) is 43.3 Å². The fourth-order valence-corrected chi connectivity index (χ4v) is 3.63. The molecule has 0 aliphatic carbocycles. The lowest BCUT2D eigenvalue weighted by atomic mass is 10.2. The molecule has 154 valence electrons. The summed E-state index contributed by atoms with van der Waals surface area (Å²) < 4.78 is 31.1. The van der Waals surface area contributed by atoms with Gasteiger partial charge in [-0.1, -0.05) is 33.6 Å². The first-order chi connectivity index (χ1) is 14.2. The molecule has 0 fully saturated rings. The molecule has 0 atom stereocenters. The van der Waals surface area contributed by atoms with Crippen LogP contribution in [-0.4, -0.2) is 24.5 Å². The fourth-order valence-electron chi connectivity index (χ4n) is 2.30. The number of nitro groups is 1. The van der Waals surface area contributed by atoms with E-state index in [4.69, 9.17) is 4.18 Å². The largest absolute Gasteiger partial charge is 0.378 e. The molecule has 1 aromatic heterocycles. The van der Waals surface area contributed by atoms with Crippen molar-refractivity contribution in [2.24, 2.45) is 5.10 Å². The van der Waals surface area contributed by atoms with Crippen LogP contribution >= 0.6 is 15.9 Å². The van der Waals surface area contributed by atoms with Crippen molar-refractivity contribution >= 4 is 43.8 Å². The number of pyridine rings is 1. The van der Waals surface area contributed by atoms with Crippen LogP contribution < -0.4 is 9.61 Å². The molecular weight excluding hydrogens is 476 g/mol. The summed E-state index contributed by atoms with van der Waals surface area (Å²) in [6, 6.07) is 13.8. The molecule has 3 aromatic rings. The second-order valence-corrected chi connectivity index (χ2v) is 8.52. The van der Waals surface area contributed by atoms with E-state index in [0.717, 1.165) is 11.8 Å². The highest BCUT2D eigenvalue weighted by molar-refractivity contribution is 9.10. The number of hydrogen-bond donors (Lipinski definition) is 1. The predicted octanol–water partition coefficient (Wildman–Crippen LogP) is 4.27. The number of aromatic nitrogens is 1. The van der Waals surface area contributed by atoms with Gasteiger partial charge in [0.15, 0.2) is 5.75 Å². The minimum absolute atomic E-state index is 0.0344. The average molecular weight is 491 g/mol. The van der Waals surface area contributed by atoms with Gasteiger partial charge in [0.1, 0.15) is 16.9 Å². The van der Waals surface area contributed by atoms with Crippen LogP contribution in [0.4, 0.5) is 11.5 Å². The van der Waals surface area contributed by atoms with Gasteiger partial charge in [0.25, 0.3) is 5.69 Å². The molecule has 9 nitrogen and oxygen atoms in total. The van der Waals surface area contributed by atoms with Gasteiger partial charge < -0.3 is 4.18 Å². The Morgan fingerprint density at radius 3 is 2.53 bits per heavy atom. The lowest BCUT2D eigenvalue weighted by Crippen LogP contribution is -2.11. The first kappa shape index (κ1) is 21.4. The van der Waals surface area contributed by atoms with Gasteiger partial charge in [-0.2, -0.15) is 13.5 Å². The number of aryl methyl sites for hydroxylation is 1. The first-order valence-corrected chi connectivity index (χ1v) is 10.6. The second-order valence-electron chi connectivity index (χ2n) is 6.06. The lowest BCUT2D eigenvalue weighted by Gasteiger charge is -2.10. The molecule has 3 rings (SSSR count). The SMILES string of the molecule is Cc1ccc(S(=O)(=O)Oc2ccc(Br)cc2/C=N\Nc2ccc([N+](=O)[O-])cn2)cc1. The first-order valence-electron chi connectivity index (χ1n) is 8.45. The number of hydrazone groups is 1. The number of nitrogens with one attached hydrogen (secondary N) is 1. The van der Waals surface area contributed by atoms with Crippen molar-refractivity contribution in [2.45, 2.75) is 11.8 Å². The Labute approximate surface area is 180 Å². The molecule has 0 unspecified atom stereocenters. The van der Waals surface area contributed by atoms with Crippen LogP contribution in [0.3, 0.4) is 0 Å². The molecule has 0 aliphatic rings. The number of hydrogen-bond acceptors (Lipinski definition) is 8. The van der Waals surface area contributed by atoms with Gasteiger partial charge in [0.05, 0.1) is 11.1 Å². The maximum atomic E-state index is 12.6. The highest BCUT2D eigenvalue weighted by atomic mass is 79.9. The van der Waals surface area contributed by atoms with Crippen LogP contribution in [0.5, 0.6) is 5.75 Å². The standard InChI is InChI=1S/C19H15BrN4O5S/c1-13-2-6-17(7-3-13)30(27,28)29-18-8-4-15(20)10-14(18)11-22-23-19-9-5-16(12-21-19)24(25)26/h2-12H,1H3,(H,21,23)/b22-11-. The smallest absolute Gasteiger partial charge is 0.339 e. The maximum absolute atomic E-state index is 12.6. The summed E-state index contributed by atoms with van der Waals surface area (Å²) in [7, 11) is -4.03. The predicted molar refractivity (Wildman–Crippen MR) is 115 cm³/mol. The van der Waals surface area contributed by atoms with Crippen LogP contribution in [0, 0.1) is 17.0 Å². The normalized spacial score (nSPS) is 11.4. The van der Waals surface area contributed by atoms with Gasteiger partial charge in [-0.3, -0.25) is 15.5 Å². The van der Waals surface area contributed by atoms with Crippen LogP contribution in [0.15, 0.2) is 75.3 Å². The van der Waals surface area contributed by atoms with Crippen molar-refractivity contribution in [1.29, 1.82) is 0 Å². The molecule has 11 heteroatoms. The monoisotopic (exact) mass is 490 g/mol. The van der Waals surface area contributed by atoms with E-state index in [1.54, 1.807) is 24.3 Å². The topological polar surface area (TPSA) is 124 Å². The highest BCUT2D eigenvalue weighted by Crippen LogP contribution is 2.25. The van der Waals surface area contributed by atoms with Crippen molar-refractivity contribution in [3.05, 3.63) is 86.5 Å². The Kier molecular flexibility index (Phi) is 6.43. The lowest BCUT2D eigenvalue weighted by molar-refractivity contribution is -0.385. The zero-order valence-corrected chi connectivity index (χ0v) is 17.9. The van der Waals surface area contributed by atoms with Crippen LogP contribution in [0.25, 0.3) is 0 Å². The van der Waals surface area contributed by atoms with Crippen LogP contribution in [0.2, 0.25) is 0 Å². The zero-order chi connectivity index (χ0) is 21.7. The summed E-state index contributed by atoms with van der Waals surface area (Å²) >= 11 is 3.32. The molecule has 0 amide bonds.